The van der Waals surface area contributed by atoms with Crippen molar-refractivity contribution in [3.05, 3.63) is 58.7 Å². The second-order valence-electron chi connectivity index (χ2n) is 8.93. The van der Waals surface area contributed by atoms with Gasteiger partial charge in [0.1, 0.15) is 34.4 Å². The lowest BCUT2D eigenvalue weighted by atomic mass is 10.1. The van der Waals surface area contributed by atoms with Gasteiger partial charge in [-0.25, -0.2) is 9.67 Å². The standard InChI is InChI=1S/C23H25BrN6OSi/c1-16-6-5-7-19(27-16)22-21(17-8-9-20-26-13-18(12-25)29(20)14-17)23(24)30(28-22)15-31-10-11-32(2,3)4/h5-9,13-14H,10-11,15H2,1-4H3. The molecule has 7 nitrogen and oxygen atoms in total. The molecule has 0 radical (unpaired) electrons. The predicted octanol–water partition coefficient (Wildman–Crippen LogP) is 5.51. The molecular weight excluding hydrogens is 484 g/mol. The normalized spacial score (nSPS) is 11.8. The Labute approximate surface area is 196 Å². The average molecular weight is 509 g/mol. The molecule has 4 aromatic rings. The fourth-order valence-electron chi connectivity index (χ4n) is 3.38. The number of fused-ring (bicyclic) bond motifs is 1. The van der Waals surface area contributed by atoms with Gasteiger partial charge in [0.25, 0.3) is 0 Å². The van der Waals surface area contributed by atoms with Crippen molar-refractivity contribution in [2.75, 3.05) is 6.61 Å². The van der Waals surface area contributed by atoms with E-state index in [0.29, 0.717) is 19.0 Å². The van der Waals surface area contributed by atoms with Crippen LogP contribution in [0.25, 0.3) is 28.2 Å². The van der Waals surface area contributed by atoms with Gasteiger partial charge in [0.2, 0.25) is 0 Å². The highest BCUT2D eigenvalue weighted by atomic mass is 79.9. The van der Waals surface area contributed by atoms with Crippen LogP contribution in [0.3, 0.4) is 0 Å². The molecule has 0 amide bonds. The number of pyridine rings is 2. The molecule has 0 spiro atoms. The number of imidazole rings is 1. The van der Waals surface area contributed by atoms with Gasteiger partial charge in [0.15, 0.2) is 0 Å². The van der Waals surface area contributed by atoms with E-state index in [2.05, 4.69) is 46.6 Å². The van der Waals surface area contributed by atoms with Crippen molar-refractivity contribution in [1.82, 2.24) is 24.1 Å². The van der Waals surface area contributed by atoms with E-state index in [1.165, 1.54) is 0 Å². The Morgan fingerprint density at radius 3 is 2.72 bits per heavy atom. The van der Waals surface area contributed by atoms with E-state index in [1.807, 2.05) is 48.1 Å². The monoisotopic (exact) mass is 508 g/mol. The van der Waals surface area contributed by atoms with Gasteiger partial charge in [-0.3, -0.25) is 9.38 Å². The van der Waals surface area contributed by atoms with Crippen molar-refractivity contribution >= 4 is 29.7 Å². The molecule has 0 saturated heterocycles. The van der Waals surface area contributed by atoms with Crippen LogP contribution in [0.2, 0.25) is 25.7 Å². The molecule has 0 aliphatic rings. The molecule has 4 aromatic heterocycles. The van der Waals surface area contributed by atoms with Crippen molar-refractivity contribution in [3.63, 3.8) is 0 Å². The van der Waals surface area contributed by atoms with Crippen LogP contribution in [0, 0.1) is 18.3 Å². The van der Waals surface area contributed by atoms with E-state index < -0.39 is 8.07 Å². The van der Waals surface area contributed by atoms with Gasteiger partial charge in [-0.1, -0.05) is 25.7 Å². The summed E-state index contributed by atoms with van der Waals surface area (Å²) in [5, 5.41) is 14.3. The van der Waals surface area contributed by atoms with Gasteiger partial charge in [-0.15, -0.1) is 0 Å². The summed E-state index contributed by atoms with van der Waals surface area (Å²) in [6.45, 7) is 10.0. The topological polar surface area (TPSA) is 81.0 Å². The van der Waals surface area contributed by atoms with E-state index in [1.54, 1.807) is 10.6 Å². The van der Waals surface area contributed by atoms with Crippen molar-refractivity contribution in [2.24, 2.45) is 0 Å². The van der Waals surface area contributed by atoms with E-state index in [4.69, 9.17) is 14.8 Å². The minimum Gasteiger partial charge on any atom is -0.359 e. The van der Waals surface area contributed by atoms with Gasteiger partial charge < -0.3 is 4.74 Å². The first-order valence-corrected chi connectivity index (χ1v) is 14.9. The molecule has 0 aliphatic heterocycles. The number of nitriles is 1. The largest absolute Gasteiger partial charge is 0.359 e. The van der Waals surface area contributed by atoms with Crippen molar-refractivity contribution < 1.29 is 4.74 Å². The van der Waals surface area contributed by atoms with Gasteiger partial charge in [0.05, 0.1) is 11.9 Å². The summed E-state index contributed by atoms with van der Waals surface area (Å²) in [5.74, 6) is 0. The predicted molar refractivity (Wildman–Crippen MR) is 131 cm³/mol. The number of aromatic nitrogens is 5. The number of hydrogen-bond donors (Lipinski definition) is 0. The van der Waals surface area contributed by atoms with Crippen LogP contribution in [0.4, 0.5) is 0 Å². The Morgan fingerprint density at radius 1 is 1.19 bits per heavy atom. The molecule has 4 rings (SSSR count). The zero-order valence-corrected chi connectivity index (χ0v) is 21.2. The Bertz CT molecular complexity index is 1310. The molecule has 0 bridgehead atoms. The van der Waals surface area contributed by atoms with E-state index >= 15 is 0 Å². The lowest BCUT2D eigenvalue weighted by molar-refractivity contribution is 0.0772. The zero-order chi connectivity index (χ0) is 22.9. The van der Waals surface area contributed by atoms with Gasteiger partial charge in [0, 0.05) is 37.7 Å². The number of aryl methyl sites for hydroxylation is 1. The van der Waals surface area contributed by atoms with E-state index in [-0.39, 0.29) is 0 Å². The maximum Gasteiger partial charge on any atom is 0.144 e. The Kier molecular flexibility index (Phi) is 6.28. The fourth-order valence-corrected chi connectivity index (χ4v) is 4.73. The second kappa shape index (κ2) is 8.98. The smallest absolute Gasteiger partial charge is 0.144 e. The third-order valence-electron chi connectivity index (χ3n) is 5.14. The Morgan fingerprint density at radius 2 is 2.00 bits per heavy atom. The zero-order valence-electron chi connectivity index (χ0n) is 18.6. The average Bonchev–Trinajstić information content (AvgIpc) is 3.30. The van der Waals surface area contributed by atoms with E-state index in [0.717, 1.165) is 44.5 Å². The minimum absolute atomic E-state index is 0.348. The molecule has 0 aromatic carbocycles. The van der Waals surface area contributed by atoms with Gasteiger partial charge >= 0.3 is 0 Å². The molecule has 0 N–H and O–H groups in total. The fraction of sp³-hybridized carbons (Fsp3) is 0.304. The summed E-state index contributed by atoms with van der Waals surface area (Å²) in [7, 11) is -1.17. The maximum atomic E-state index is 9.43. The summed E-state index contributed by atoms with van der Waals surface area (Å²) in [4.78, 5) is 8.99. The molecule has 0 atom stereocenters. The first-order chi connectivity index (χ1) is 15.3. The number of ether oxygens (including phenoxy) is 1. The first-order valence-electron chi connectivity index (χ1n) is 10.4. The number of halogens is 1. The quantitative estimate of drug-likeness (QED) is 0.242. The van der Waals surface area contributed by atoms with Crippen LogP contribution in [0.15, 0.2) is 47.3 Å². The maximum absolute atomic E-state index is 9.43. The first kappa shape index (κ1) is 22.4. The summed E-state index contributed by atoms with van der Waals surface area (Å²) >= 11 is 3.75. The number of hydrogen-bond acceptors (Lipinski definition) is 5. The van der Waals surface area contributed by atoms with Crippen LogP contribution < -0.4 is 0 Å². The second-order valence-corrected chi connectivity index (χ2v) is 15.3. The molecule has 0 saturated carbocycles. The third-order valence-corrected chi connectivity index (χ3v) is 7.65. The lowest BCUT2D eigenvalue weighted by Crippen LogP contribution is -2.22. The number of nitrogens with zero attached hydrogens (tertiary/aromatic N) is 6. The van der Waals surface area contributed by atoms with Crippen LogP contribution in [-0.2, 0) is 11.5 Å². The van der Waals surface area contributed by atoms with Crippen molar-refractivity contribution in [3.8, 4) is 28.6 Å². The van der Waals surface area contributed by atoms with E-state index in [9.17, 15) is 5.26 Å². The summed E-state index contributed by atoms with van der Waals surface area (Å²) in [6.07, 6.45) is 3.49. The lowest BCUT2D eigenvalue weighted by Gasteiger charge is -2.15. The molecule has 4 heterocycles. The SMILES string of the molecule is Cc1cccc(-c2nn(COCC[Si](C)(C)C)c(Br)c2-c2ccc3ncc(C#N)n3c2)n1. The summed E-state index contributed by atoms with van der Waals surface area (Å²) in [5.41, 5.74) is 5.47. The third kappa shape index (κ3) is 4.67. The van der Waals surface area contributed by atoms with Crippen molar-refractivity contribution in [2.45, 2.75) is 39.3 Å². The summed E-state index contributed by atoms with van der Waals surface area (Å²) in [6, 6.07) is 13.1. The van der Waals surface area contributed by atoms with Crippen LogP contribution in [-0.4, -0.2) is 38.8 Å². The molecule has 0 aliphatic carbocycles. The van der Waals surface area contributed by atoms with Gasteiger partial charge in [-0.05, 0) is 53.2 Å². The molecular formula is C23H25BrN6OSi. The van der Waals surface area contributed by atoms with Gasteiger partial charge in [-0.2, -0.15) is 10.4 Å². The highest BCUT2D eigenvalue weighted by molar-refractivity contribution is 9.10. The highest BCUT2D eigenvalue weighted by Crippen LogP contribution is 2.37. The summed E-state index contributed by atoms with van der Waals surface area (Å²) < 4.78 is 10.4. The Hall–Kier alpha value is -2.80. The highest BCUT2D eigenvalue weighted by Gasteiger charge is 2.21. The molecule has 164 valence electrons. The van der Waals surface area contributed by atoms with Crippen LogP contribution in [0.5, 0.6) is 0 Å². The van der Waals surface area contributed by atoms with Crippen LogP contribution in [0.1, 0.15) is 11.4 Å². The molecule has 0 unspecified atom stereocenters. The van der Waals surface area contributed by atoms with Crippen LogP contribution >= 0.6 is 15.9 Å². The molecule has 0 fully saturated rings. The Balaban J connectivity index is 1.78. The molecule has 9 heteroatoms. The number of rotatable bonds is 7. The minimum atomic E-state index is -1.17. The molecule has 32 heavy (non-hydrogen) atoms. The van der Waals surface area contributed by atoms with Crippen molar-refractivity contribution in [1.29, 1.82) is 5.26 Å².